The molecule has 2 nitrogen and oxygen atoms in total. The predicted molar refractivity (Wildman–Crippen MR) is 80.1 cm³/mol. The van der Waals surface area contributed by atoms with Gasteiger partial charge in [0.05, 0.1) is 5.52 Å². The molecule has 2 aromatic rings. The Morgan fingerprint density at radius 1 is 1.12 bits per heavy atom. The number of nitrogen functional groups attached to an aromatic ring is 1. The van der Waals surface area contributed by atoms with Crippen molar-refractivity contribution in [3.05, 3.63) is 33.0 Å². The number of aromatic nitrogens is 1. The molecule has 3 heteroatoms. The van der Waals surface area contributed by atoms with Crippen LogP contribution in [0.5, 0.6) is 0 Å². The molecule has 1 heterocycles. The number of nitrogens with zero attached hydrogens (tertiary/aromatic N) is 1. The average molecular weight is 338 g/mol. The number of pyridine rings is 1. The van der Waals surface area contributed by atoms with Crippen molar-refractivity contribution in [3.63, 3.8) is 0 Å². The Kier molecular flexibility index (Phi) is 2.94. The van der Waals surface area contributed by atoms with Crippen molar-refractivity contribution in [2.45, 2.75) is 32.1 Å². The van der Waals surface area contributed by atoms with Crippen LogP contribution in [0.25, 0.3) is 10.9 Å². The molecule has 1 aliphatic carbocycles. The Labute approximate surface area is 115 Å². The molecular formula is C14H15IN2. The number of rotatable bonds is 0. The molecular weight excluding hydrogens is 323 g/mol. The molecule has 0 unspecified atom stereocenters. The summed E-state index contributed by atoms with van der Waals surface area (Å²) in [5.41, 5.74) is 10.9. The van der Waals surface area contributed by atoms with Crippen molar-refractivity contribution in [2.24, 2.45) is 0 Å². The summed E-state index contributed by atoms with van der Waals surface area (Å²) >= 11 is 2.32. The fraction of sp³-hybridized carbons (Fsp3) is 0.357. The zero-order chi connectivity index (χ0) is 11.8. The van der Waals surface area contributed by atoms with E-state index in [1.54, 1.807) is 0 Å². The summed E-state index contributed by atoms with van der Waals surface area (Å²) in [6.45, 7) is 0. The second-order valence-electron chi connectivity index (χ2n) is 4.67. The number of aryl methyl sites for hydroxylation is 1. The molecule has 1 aromatic carbocycles. The highest BCUT2D eigenvalue weighted by Crippen LogP contribution is 2.31. The van der Waals surface area contributed by atoms with Gasteiger partial charge in [-0.15, -0.1) is 0 Å². The molecule has 0 aliphatic heterocycles. The quantitative estimate of drug-likeness (QED) is 0.588. The Hall–Kier alpha value is -0.840. The molecule has 0 atom stereocenters. The maximum atomic E-state index is 6.33. The van der Waals surface area contributed by atoms with Crippen molar-refractivity contribution in [1.29, 1.82) is 0 Å². The van der Waals surface area contributed by atoms with Gasteiger partial charge in [-0.25, -0.2) is 0 Å². The third-order valence-electron chi connectivity index (χ3n) is 3.52. The highest BCUT2D eigenvalue weighted by Gasteiger charge is 2.15. The number of fused-ring (bicyclic) bond motifs is 2. The van der Waals surface area contributed by atoms with Crippen LogP contribution < -0.4 is 5.73 Å². The molecule has 3 rings (SSSR count). The normalized spacial score (nSPS) is 15.6. The van der Waals surface area contributed by atoms with E-state index in [1.165, 1.54) is 34.1 Å². The van der Waals surface area contributed by atoms with Gasteiger partial charge in [-0.2, -0.15) is 0 Å². The van der Waals surface area contributed by atoms with Crippen LogP contribution in [0.4, 0.5) is 5.69 Å². The van der Waals surface area contributed by atoms with E-state index in [2.05, 4.69) is 40.8 Å². The lowest BCUT2D eigenvalue weighted by molar-refractivity contribution is 0.709. The molecule has 0 saturated carbocycles. The molecule has 1 aliphatic rings. The van der Waals surface area contributed by atoms with Gasteiger partial charge in [0.15, 0.2) is 0 Å². The maximum Gasteiger partial charge on any atom is 0.0726 e. The molecule has 0 fully saturated rings. The van der Waals surface area contributed by atoms with Gasteiger partial charge in [0, 0.05) is 20.3 Å². The van der Waals surface area contributed by atoms with E-state index in [0.717, 1.165) is 29.4 Å². The van der Waals surface area contributed by atoms with Crippen molar-refractivity contribution in [3.8, 4) is 0 Å². The zero-order valence-electron chi connectivity index (χ0n) is 9.67. The van der Waals surface area contributed by atoms with Crippen LogP contribution in [0.1, 0.15) is 30.5 Å². The van der Waals surface area contributed by atoms with Crippen LogP contribution in [-0.4, -0.2) is 4.98 Å². The van der Waals surface area contributed by atoms with E-state index in [9.17, 15) is 0 Å². The average Bonchev–Trinajstić information content (AvgIpc) is 2.56. The molecule has 0 amide bonds. The summed E-state index contributed by atoms with van der Waals surface area (Å²) in [4.78, 5) is 4.79. The number of hydrogen-bond acceptors (Lipinski definition) is 2. The van der Waals surface area contributed by atoms with Crippen LogP contribution in [-0.2, 0) is 12.8 Å². The predicted octanol–water partition coefficient (Wildman–Crippen LogP) is 3.69. The lowest BCUT2D eigenvalue weighted by Gasteiger charge is -2.12. The summed E-state index contributed by atoms with van der Waals surface area (Å²) < 4.78 is 1.22. The number of anilines is 1. The van der Waals surface area contributed by atoms with Gasteiger partial charge in [0.25, 0.3) is 0 Å². The Bertz CT molecular complexity index is 578. The fourth-order valence-corrected chi connectivity index (χ4v) is 3.10. The highest BCUT2D eigenvalue weighted by atomic mass is 127. The standard InChI is InChI=1S/C14H15IN2/c15-9-6-7-13-11(8-9)14(16)10-4-2-1-3-5-12(10)17-13/h6-8H,1-5H2,(H2,16,17). The van der Waals surface area contributed by atoms with E-state index in [0.29, 0.717) is 0 Å². The smallest absolute Gasteiger partial charge is 0.0726 e. The Morgan fingerprint density at radius 3 is 2.82 bits per heavy atom. The first-order valence-electron chi connectivity index (χ1n) is 6.12. The van der Waals surface area contributed by atoms with Crippen molar-refractivity contribution in [2.75, 3.05) is 5.73 Å². The number of nitrogens with two attached hydrogens (primary N) is 1. The third-order valence-corrected chi connectivity index (χ3v) is 4.19. The summed E-state index contributed by atoms with van der Waals surface area (Å²) in [5, 5.41) is 1.12. The van der Waals surface area contributed by atoms with Gasteiger partial charge in [-0.05, 0) is 72.0 Å². The summed E-state index contributed by atoms with van der Waals surface area (Å²) in [7, 11) is 0. The van der Waals surface area contributed by atoms with E-state index >= 15 is 0 Å². The highest BCUT2D eigenvalue weighted by molar-refractivity contribution is 14.1. The van der Waals surface area contributed by atoms with Crippen LogP contribution in [0.2, 0.25) is 0 Å². The molecule has 2 N–H and O–H groups in total. The Morgan fingerprint density at radius 2 is 1.94 bits per heavy atom. The first-order valence-corrected chi connectivity index (χ1v) is 7.20. The number of hydrogen-bond donors (Lipinski definition) is 1. The van der Waals surface area contributed by atoms with Crippen LogP contribution in [0.3, 0.4) is 0 Å². The molecule has 0 radical (unpaired) electrons. The SMILES string of the molecule is Nc1c2c(nc3ccc(I)cc13)CCCCC2. The van der Waals surface area contributed by atoms with Gasteiger partial charge in [-0.3, -0.25) is 4.98 Å². The molecule has 0 bridgehead atoms. The molecule has 88 valence electrons. The lowest BCUT2D eigenvalue weighted by atomic mass is 10.0. The second kappa shape index (κ2) is 4.44. The first kappa shape index (κ1) is 11.3. The lowest BCUT2D eigenvalue weighted by Crippen LogP contribution is -2.03. The maximum absolute atomic E-state index is 6.33. The third kappa shape index (κ3) is 2.01. The minimum atomic E-state index is 0.963. The number of benzene rings is 1. The molecule has 1 aromatic heterocycles. The summed E-state index contributed by atoms with van der Waals surface area (Å²) in [5.74, 6) is 0. The minimum Gasteiger partial charge on any atom is -0.398 e. The summed E-state index contributed by atoms with van der Waals surface area (Å²) in [6.07, 6.45) is 5.96. The summed E-state index contributed by atoms with van der Waals surface area (Å²) in [6, 6.07) is 6.32. The van der Waals surface area contributed by atoms with Gasteiger partial charge >= 0.3 is 0 Å². The topological polar surface area (TPSA) is 38.9 Å². The van der Waals surface area contributed by atoms with Gasteiger partial charge < -0.3 is 5.73 Å². The minimum absolute atomic E-state index is 0.963. The molecule has 0 saturated heterocycles. The van der Waals surface area contributed by atoms with Crippen LogP contribution >= 0.6 is 22.6 Å². The second-order valence-corrected chi connectivity index (χ2v) is 5.92. The van der Waals surface area contributed by atoms with Gasteiger partial charge in [0.1, 0.15) is 0 Å². The molecule has 0 spiro atoms. The molecule has 17 heavy (non-hydrogen) atoms. The van der Waals surface area contributed by atoms with Crippen molar-refractivity contribution < 1.29 is 0 Å². The number of halogens is 1. The van der Waals surface area contributed by atoms with Crippen molar-refractivity contribution in [1.82, 2.24) is 4.98 Å². The van der Waals surface area contributed by atoms with E-state index in [1.807, 2.05) is 0 Å². The first-order chi connectivity index (χ1) is 8.25. The monoisotopic (exact) mass is 338 g/mol. The van der Waals surface area contributed by atoms with Crippen molar-refractivity contribution >= 4 is 39.2 Å². The Balaban J connectivity index is 2.29. The van der Waals surface area contributed by atoms with E-state index in [-0.39, 0.29) is 0 Å². The zero-order valence-corrected chi connectivity index (χ0v) is 11.8. The van der Waals surface area contributed by atoms with Gasteiger partial charge in [-0.1, -0.05) is 6.42 Å². The van der Waals surface area contributed by atoms with Gasteiger partial charge in [0.2, 0.25) is 0 Å². The fourth-order valence-electron chi connectivity index (χ4n) is 2.61. The van der Waals surface area contributed by atoms with E-state index < -0.39 is 0 Å². The van der Waals surface area contributed by atoms with Crippen LogP contribution in [0.15, 0.2) is 18.2 Å². The van der Waals surface area contributed by atoms with Crippen LogP contribution in [0, 0.1) is 3.57 Å². The largest absolute Gasteiger partial charge is 0.398 e. The van der Waals surface area contributed by atoms with E-state index in [4.69, 9.17) is 10.7 Å².